The summed E-state index contributed by atoms with van der Waals surface area (Å²) in [6.45, 7) is 9.28. The molecule has 1 atom stereocenters. The molecule has 1 N–H and O–H groups in total. The largest absolute Gasteiger partial charge is 0.479 e. The third-order valence-corrected chi connectivity index (χ3v) is 5.09. The minimum atomic E-state index is -1.16. The van der Waals surface area contributed by atoms with Gasteiger partial charge in [-0.1, -0.05) is 35.3 Å². The Bertz CT molecular complexity index is 1100. The number of benzene rings is 2. The summed E-state index contributed by atoms with van der Waals surface area (Å²) in [6, 6.07) is 10.9. The van der Waals surface area contributed by atoms with Gasteiger partial charge in [0.05, 0.1) is 11.1 Å². The molecule has 0 aliphatic carbocycles. The molecule has 0 saturated carbocycles. The van der Waals surface area contributed by atoms with Crippen LogP contribution >= 0.6 is 23.2 Å². The molecule has 0 saturated heterocycles. The fourth-order valence-electron chi connectivity index (χ4n) is 3.43. The number of halogens is 2. The predicted octanol–water partition coefficient (Wildman–Crippen LogP) is 6.77. The number of rotatable bonds is 4. The molecule has 1 aromatic heterocycles. The molecule has 0 bridgehead atoms. The Morgan fingerprint density at radius 2 is 1.79 bits per heavy atom. The van der Waals surface area contributed by atoms with Crippen LogP contribution in [0.25, 0.3) is 22.0 Å². The molecule has 0 spiro atoms. The van der Waals surface area contributed by atoms with Gasteiger partial charge >= 0.3 is 5.97 Å². The number of nitrogens with zero attached hydrogens (tertiary/aromatic N) is 1. The molecular formula is C23H23Cl2NO3. The maximum absolute atomic E-state index is 12.2. The van der Waals surface area contributed by atoms with Crippen molar-refractivity contribution in [3.8, 4) is 11.1 Å². The summed E-state index contributed by atoms with van der Waals surface area (Å²) in [4.78, 5) is 16.9. The Morgan fingerprint density at radius 3 is 2.38 bits per heavy atom. The van der Waals surface area contributed by atoms with Crippen molar-refractivity contribution in [2.45, 2.75) is 46.3 Å². The zero-order chi connectivity index (χ0) is 21.5. The molecular weight excluding hydrogens is 409 g/mol. The summed E-state index contributed by atoms with van der Waals surface area (Å²) >= 11 is 12.6. The molecule has 0 amide bonds. The summed E-state index contributed by atoms with van der Waals surface area (Å²) in [7, 11) is 0. The van der Waals surface area contributed by atoms with E-state index in [1.54, 1.807) is 18.2 Å². The monoisotopic (exact) mass is 431 g/mol. The van der Waals surface area contributed by atoms with Crippen LogP contribution in [0.1, 0.15) is 43.7 Å². The van der Waals surface area contributed by atoms with E-state index in [9.17, 15) is 9.90 Å². The van der Waals surface area contributed by atoms with Crippen LogP contribution in [0.2, 0.25) is 10.0 Å². The van der Waals surface area contributed by atoms with Gasteiger partial charge in [0.1, 0.15) is 0 Å². The van der Waals surface area contributed by atoms with E-state index in [0.29, 0.717) is 26.7 Å². The summed E-state index contributed by atoms with van der Waals surface area (Å²) in [5, 5.41) is 11.8. The van der Waals surface area contributed by atoms with Crippen LogP contribution in [0.15, 0.2) is 36.4 Å². The first-order chi connectivity index (χ1) is 13.5. The lowest BCUT2D eigenvalue weighted by molar-refractivity contribution is -0.160. The Kier molecular flexibility index (Phi) is 5.91. The lowest BCUT2D eigenvalue weighted by atomic mass is 9.88. The molecule has 1 unspecified atom stereocenters. The van der Waals surface area contributed by atoms with Gasteiger partial charge in [-0.05, 0) is 70.0 Å². The van der Waals surface area contributed by atoms with Crippen molar-refractivity contribution >= 4 is 40.1 Å². The first kappa shape index (κ1) is 21.6. The number of aryl methyl sites for hydroxylation is 2. The molecule has 6 heteroatoms. The van der Waals surface area contributed by atoms with Crippen LogP contribution in [0.3, 0.4) is 0 Å². The van der Waals surface area contributed by atoms with Gasteiger partial charge in [0.15, 0.2) is 6.10 Å². The Balaban J connectivity index is 2.44. The zero-order valence-electron chi connectivity index (χ0n) is 17.0. The minimum absolute atomic E-state index is 0.436. The van der Waals surface area contributed by atoms with Crippen molar-refractivity contribution in [3.63, 3.8) is 0 Å². The van der Waals surface area contributed by atoms with Crippen LogP contribution in [-0.4, -0.2) is 21.7 Å². The van der Waals surface area contributed by atoms with E-state index in [0.717, 1.165) is 22.2 Å². The summed E-state index contributed by atoms with van der Waals surface area (Å²) in [5.74, 6) is -1.06. The second-order valence-corrected chi connectivity index (χ2v) is 8.92. The molecule has 3 rings (SSSR count). The second-order valence-electron chi connectivity index (χ2n) is 8.07. The highest BCUT2D eigenvalue weighted by molar-refractivity contribution is 6.36. The number of aromatic nitrogens is 1. The molecule has 3 aromatic rings. The van der Waals surface area contributed by atoms with E-state index in [1.807, 2.05) is 52.8 Å². The number of carboxylic acid groups (broad SMARTS) is 1. The average Bonchev–Trinajstić information content (AvgIpc) is 2.58. The highest BCUT2D eigenvalue weighted by atomic mass is 35.5. The Morgan fingerprint density at radius 1 is 1.10 bits per heavy atom. The quantitative estimate of drug-likeness (QED) is 0.495. The molecule has 0 fully saturated rings. The first-order valence-electron chi connectivity index (χ1n) is 9.25. The third-order valence-electron chi connectivity index (χ3n) is 4.54. The number of hydrogen-bond acceptors (Lipinski definition) is 3. The van der Waals surface area contributed by atoms with Gasteiger partial charge in [0, 0.05) is 32.3 Å². The predicted molar refractivity (Wildman–Crippen MR) is 118 cm³/mol. The van der Waals surface area contributed by atoms with Gasteiger partial charge in [0.25, 0.3) is 0 Å². The Labute approximate surface area is 180 Å². The third kappa shape index (κ3) is 4.55. The van der Waals surface area contributed by atoms with Crippen molar-refractivity contribution in [1.82, 2.24) is 4.98 Å². The minimum Gasteiger partial charge on any atom is -0.479 e. The van der Waals surface area contributed by atoms with Crippen LogP contribution in [0.5, 0.6) is 0 Å². The van der Waals surface area contributed by atoms with Crippen LogP contribution in [0.4, 0.5) is 0 Å². The molecule has 4 nitrogen and oxygen atoms in total. The number of pyridine rings is 1. The van der Waals surface area contributed by atoms with Gasteiger partial charge in [-0.25, -0.2) is 4.79 Å². The van der Waals surface area contributed by atoms with E-state index in [1.165, 1.54) is 0 Å². The molecule has 29 heavy (non-hydrogen) atoms. The van der Waals surface area contributed by atoms with E-state index >= 15 is 0 Å². The number of fused-ring (bicyclic) bond motifs is 1. The SMILES string of the molecule is Cc1ccc2c(-c3ccc(Cl)cc3Cl)c(C(OC(C)(C)C)C(=O)O)c(C)cc2n1. The zero-order valence-corrected chi connectivity index (χ0v) is 18.5. The maximum Gasteiger partial charge on any atom is 0.337 e. The van der Waals surface area contributed by atoms with Crippen LogP contribution < -0.4 is 0 Å². The fraction of sp³-hybridized carbons (Fsp3) is 0.304. The van der Waals surface area contributed by atoms with E-state index < -0.39 is 17.7 Å². The van der Waals surface area contributed by atoms with Gasteiger partial charge in [-0.2, -0.15) is 0 Å². The van der Waals surface area contributed by atoms with Crippen LogP contribution in [-0.2, 0) is 9.53 Å². The van der Waals surface area contributed by atoms with Crippen molar-refractivity contribution in [2.24, 2.45) is 0 Å². The molecule has 0 aliphatic rings. The second kappa shape index (κ2) is 7.94. The topological polar surface area (TPSA) is 59.4 Å². The molecule has 2 aromatic carbocycles. The van der Waals surface area contributed by atoms with Gasteiger partial charge in [-0.15, -0.1) is 0 Å². The fourth-order valence-corrected chi connectivity index (χ4v) is 3.93. The number of ether oxygens (including phenoxy) is 1. The molecule has 1 heterocycles. The summed E-state index contributed by atoms with van der Waals surface area (Å²) in [5.41, 5.74) is 3.71. The van der Waals surface area contributed by atoms with Crippen molar-refractivity contribution < 1.29 is 14.6 Å². The van der Waals surface area contributed by atoms with Crippen molar-refractivity contribution in [3.05, 3.63) is 63.3 Å². The van der Waals surface area contributed by atoms with Gasteiger partial charge < -0.3 is 9.84 Å². The van der Waals surface area contributed by atoms with E-state index in [-0.39, 0.29) is 0 Å². The van der Waals surface area contributed by atoms with Gasteiger partial charge in [0.2, 0.25) is 0 Å². The van der Waals surface area contributed by atoms with E-state index in [2.05, 4.69) is 4.98 Å². The number of aliphatic carboxylic acids is 1. The lowest BCUT2D eigenvalue weighted by Gasteiger charge is -2.28. The number of carboxylic acids is 1. The standard InChI is InChI=1S/C23H23Cl2NO3/c1-12-10-18-16(8-6-13(2)26-18)20(15-9-7-14(24)11-17(15)25)19(12)21(22(27)28)29-23(3,4)5/h6-11,21H,1-5H3,(H,27,28). The Hall–Kier alpha value is -2.14. The normalized spacial score (nSPS) is 12.9. The van der Waals surface area contributed by atoms with Crippen molar-refractivity contribution in [2.75, 3.05) is 0 Å². The average molecular weight is 432 g/mol. The van der Waals surface area contributed by atoms with Crippen molar-refractivity contribution in [1.29, 1.82) is 0 Å². The van der Waals surface area contributed by atoms with Crippen LogP contribution in [0, 0.1) is 13.8 Å². The summed E-state index contributed by atoms with van der Waals surface area (Å²) < 4.78 is 5.98. The van der Waals surface area contributed by atoms with E-state index in [4.69, 9.17) is 27.9 Å². The molecule has 152 valence electrons. The summed E-state index contributed by atoms with van der Waals surface area (Å²) in [6.07, 6.45) is -1.16. The number of carbonyl (C=O) groups is 1. The molecule has 0 radical (unpaired) electrons. The molecule has 0 aliphatic heterocycles. The lowest BCUT2D eigenvalue weighted by Crippen LogP contribution is -2.28. The highest BCUT2D eigenvalue weighted by Crippen LogP contribution is 2.43. The highest BCUT2D eigenvalue weighted by Gasteiger charge is 2.32. The first-order valence-corrected chi connectivity index (χ1v) is 10.0. The smallest absolute Gasteiger partial charge is 0.337 e. The maximum atomic E-state index is 12.2. The van der Waals surface area contributed by atoms with Gasteiger partial charge in [-0.3, -0.25) is 4.98 Å². The number of hydrogen-bond donors (Lipinski definition) is 1.